The molecule has 0 N–H and O–H groups in total. The summed E-state index contributed by atoms with van der Waals surface area (Å²) in [5.74, 6) is -0.375. The van der Waals surface area contributed by atoms with Gasteiger partial charge in [0.1, 0.15) is 0 Å². The van der Waals surface area contributed by atoms with Gasteiger partial charge in [-0.3, -0.25) is 9.69 Å². The third-order valence-electron chi connectivity index (χ3n) is 4.09. The molecule has 3 rings (SSSR count). The van der Waals surface area contributed by atoms with Gasteiger partial charge in [0.2, 0.25) is 0 Å². The summed E-state index contributed by atoms with van der Waals surface area (Å²) >= 11 is 0. The van der Waals surface area contributed by atoms with Crippen molar-refractivity contribution in [1.29, 1.82) is 0 Å². The van der Waals surface area contributed by atoms with Crippen LogP contribution in [0.15, 0.2) is 39.7 Å². The summed E-state index contributed by atoms with van der Waals surface area (Å²) in [6.45, 7) is 0. The summed E-state index contributed by atoms with van der Waals surface area (Å²) in [5, 5.41) is 13.4. The Bertz CT molecular complexity index is 713. The normalized spacial score (nSPS) is 23.4. The number of hydrogen-bond acceptors (Lipinski definition) is 7. The molecule has 2 atom stereocenters. The zero-order valence-electron chi connectivity index (χ0n) is 14.0. The van der Waals surface area contributed by atoms with Gasteiger partial charge >= 0.3 is 6.03 Å². The highest BCUT2D eigenvalue weighted by Crippen LogP contribution is 2.27. The highest BCUT2D eigenvalue weighted by molar-refractivity contribution is 6.00. The van der Waals surface area contributed by atoms with E-state index in [9.17, 15) is 9.59 Å². The molecular weight excluding hydrogens is 310 g/mol. The molecule has 1 aromatic rings. The fourth-order valence-electron chi connectivity index (χ4n) is 2.61. The summed E-state index contributed by atoms with van der Waals surface area (Å²) in [6, 6.07) is 6.67. The first-order valence-corrected chi connectivity index (χ1v) is 7.46. The Kier molecular flexibility index (Phi) is 3.92. The molecule has 2 aliphatic rings. The first-order valence-electron chi connectivity index (χ1n) is 7.46. The predicted molar refractivity (Wildman–Crippen MR) is 88.6 cm³/mol. The number of imide groups is 1. The third kappa shape index (κ3) is 2.57. The van der Waals surface area contributed by atoms with Crippen molar-refractivity contribution in [3.8, 4) is 0 Å². The van der Waals surface area contributed by atoms with Gasteiger partial charge in [0.25, 0.3) is 5.91 Å². The predicted octanol–water partition coefficient (Wildman–Crippen LogP) is 0.988. The molecule has 0 aliphatic carbocycles. The van der Waals surface area contributed by atoms with Gasteiger partial charge in [-0.2, -0.15) is 10.2 Å². The largest absolute Gasteiger partial charge is 0.378 e. The number of fused-ring (bicyclic) bond motifs is 1. The second-order valence-corrected chi connectivity index (χ2v) is 5.91. The first-order chi connectivity index (χ1) is 11.4. The van der Waals surface area contributed by atoms with E-state index in [4.69, 9.17) is 0 Å². The Labute approximate surface area is 139 Å². The van der Waals surface area contributed by atoms with Gasteiger partial charge in [-0.1, -0.05) is 17.4 Å². The van der Waals surface area contributed by atoms with Crippen LogP contribution in [0, 0.1) is 0 Å². The average Bonchev–Trinajstić information content (AvgIpc) is 3.00. The maximum atomic E-state index is 12.1. The number of likely N-dealkylation sites (N-methyl/N-ethyl adjacent to an activating group) is 2. The average molecular weight is 329 g/mol. The smallest absolute Gasteiger partial charge is 0.328 e. The monoisotopic (exact) mass is 329 g/mol. The lowest BCUT2D eigenvalue weighted by Crippen LogP contribution is -2.63. The molecule has 126 valence electrons. The van der Waals surface area contributed by atoms with Gasteiger partial charge < -0.3 is 9.80 Å². The van der Waals surface area contributed by atoms with Crippen LogP contribution in [0.2, 0.25) is 0 Å². The van der Waals surface area contributed by atoms with Crippen LogP contribution >= 0.6 is 0 Å². The number of hydrogen-bond donors (Lipinski definition) is 0. The molecule has 9 nitrogen and oxygen atoms in total. The van der Waals surface area contributed by atoms with Crippen molar-refractivity contribution in [3.05, 3.63) is 29.8 Å². The fraction of sp³-hybridized carbons (Fsp3) is 0.400. The molecule has 2 unspecified atom stereocenters. The van der Waals surface area contributed by atoms with E-state index in [1.807, 2.05) is 43.3 Å². The van der Waals surface area contributed by atoms with Crippen molar-refractivity contribution >= 4 is 23.8 Å². The molecule has 1 aromatic carbocycles. The summed E-state index contributed by atoms with van der Waals surface area (Å²) in [4.78, 5) is 28.7. The Balaban J connectivity index is 1.77. The van der Waals surface area contributed by atoms with Crippen molar-refractivity contribution in [2.75, 3.05) is 33.1 Å². The maximum Gasteiger partial charge on any atom is 0.328 e. The van der Waals surface area contributed by atoms with Crippen LogP contribution in [0.5, 0.6) is 0 Å². The van der Waals surface area contributed by atoms with Crippen molar-refractivity contribution in [2.24, 2.45) is 15.4 Å². The molecule has 2 heterocycles. The molecule has 1 saturated heterocycles. The van der Waals surface area contributed by atoms with E-state index in [2.05, 4.69) is 15.4 Å². The number of amides is 3. The number of hydrazone groups is 1. The van der Waals surface area contributed by atoms with Gasteiger partial charge in [0.15, 0.2) is 12.2 Å². The van der Waals surface area contributed by atoms with Crippen molar-refractivity contribution in [3.63, 3.8) is 0 Å². The standard InChI is InChI=1S/C15H19N7O2/c1-19(2)11-7-5-10(6-8-11)9-16-22-13-12(17-18-22)14(23)21(4)15(24)20(13)3/h5-9,12-13H,1-4H3. The SMILES string of the molecule is CN1C(=O)C2N=NN(N=Cc3ccc(N(C)C)cc3)C2N(C)C1=O. The number of urea groups is 1. The second-order valence-electron chi connectivity index (χ2n) is 5.91. The molecule has 0 aromatic heterocycles. The minimum absolute atomic E-state index is 0.375. The van der Waals surface area contributed by atoms with Crippen LogP contribution in [0.3, 0.4) is 0 Å². The maximum absolute atomic E-state index is 12.1. The van der Waals surface area contributed by atoms with Crippen molar-refractivity contribution < 1.29 is 9.59 Å². The molecule has 0 saturated carbocycles. The molecule has 0 bridgehead atoms. The molecule has 24 heavy (non-hydrogen) atoms. The molecule has 9 heteroatoms. The van der Waals surface area contributed by atoms with E-state index in [1.54, 1.807) is 13.3 Å². The minimum atomic E-state index is -0.744. The Hall–Kier alpha value is -2.97. The summed E-state index contributed by atoms with van der Waals surface area (Å²) in [5.41, 5.74) is 1.96. The van der Waals surface area contributed by atoms with Crippen LogP contribution in [0.4, 0.5) is 10.5 Å². The number of rotatable bonds is 3. The fourth-order valence-corrected chi connectivity index (χ4v) is 2.61. The number of benzene rings is 1. The van der Waals surface area contributed by atoms with Gasteiger partial charge in [-0.05, 0) is 17.7 Å². The van der Waals surface area contributed by atoms with Gasteiger partial charge in [-0.15, -0.1) is 5.12 Å². The van der Waals surface area contributed by atoms with E-state index in [0.29, 0.717) is 0 Å². The topological polar surface area (TPSA) is 84.2 Å². The molecule has 2 aliphatic heterocycles. The highest BCUT2D eigenvalue weighted by atomic mass is 16.2. The molecule has 0 spiro atoms. The van der Waals surface area contributed by atoms with Crippen molar-refractivity contribution in [2.45, 2.75) is 12.2 Å². The molecular formula is C15H19N7O2. The van der Waals surface area contributed by atoms with Crippen LogP contribution in [-0.2, 0) is 4.79 Å². The number of carbonyl (C=O) groups is 2. The van der Waals surface area contributed by atoms with E-state index < -0.39 is 18.2 Å². The lowest BCUT2D eigenvalue weighted by atomic mass is 10.1. The first kappa shape index (κ1) is 15.9. The Morgan fingerprint density at radius 3 is 2.46 bits per heavy atom. The van der Waals surface area contributed by atoms with Crippen molar-refractivity contribution in [1.82, 2.24) is 14.9 Å². The van der Waals surface area contributed by atoms with Crippen LogP contribution in [0.1, 0.15) is 5.56 Å². The van der Waals surface area contributed by atoms with E-state index in [1.165, 1.54) is 17.1 Å². The zero-order valence-corrected chi connectivity index (χ0v) is 14.0. The Morgan fingerprint density at radius 1 is 1.17 bits per heavy atom. The molecule has 0 radical (unpaired) electrons. The Morgan fingerprint density at radius 2 is 1.83 bits per heavy atom. The summed E-state index contributed by atoms with van der Waals surface area (Å²) < 4.78 is 0. The van der Waals surface area contributed by atoms with Gasteiger partial charge in [-0.25, -0.2) is 4.79 Å². The lowest BCUT2D eigenvalue weighted by Gasteiger charge is -2.37. The zero-order chi connectivity index (χ0) is 17.4. The third-order valence-corrected chi connectivity index (χ3v) is 4.09. The minimum Gasteiger partial charge on any atom is -0.378 e. The molecule has 3 amide bonds. The van der Waals surface area contributed by atoms with E-state index in [0.717, 1.165) is 16.2 Å². The van der Waals surface area contributed by atoms with Crippen LogP contribution < -0.4 is 4.90 Å². The highest BCUT2D eigenvalue weighted by Gasteiger charge is 2.50. The number of carbonyl (C=O) groups excluding carboxylic acids is 2. The number of anilines is 1. The van der Waals surface area contributed by atoms with Gasteiger partial charge in [0, 0.05) is 33.9 Å². The van der Waals surface area contributed by atoms with Crippen LogP contribution in [-0.4, -0.2) is 73.5 Å². The second kappa shape index (κ2) is 5.91. The van der Waals surface area contributed by atoms with Crippen LogP contribution in [0.25, 0.3) is 0 Å². The lowest BCUT2D eigenvalue weighted by molar-refractivity contribution is -0.134. The van der Waals surface area contributed by atoms with E-state index >= 15 is 0 Å². The van der Waals surface area contributed by atoms with E-state index in [-0.39, 0.29) is 5.91 Å². The summed E-state index contributed by atoms with van der Waals surface area (Å²) in [6.07, 6.45) is 1.00. The van der Waals surface area contributed by atoms with Gasteiger partial charge in [0.05, 0.1) is 6.21 Å². The quantitative estimate of drug-likeness (QED) is 0.774. The molecule has 1 fully saturated rings. The summed E-state index contributed by atoms with van der Waals surface area (Å²) in [7, 11) is 6.98. The number of nitrogens with zero attached hydrogens (tertiary/aromatic N) is 7.